The van der Waals surface area contributed by atoms with Crippen LogP contribution >= 0.6 is 11.3 Å². The third-order valence-corrected chi connectivity index (χ3v) is 4.64. The van der Waals surface area contributed by atoms with Crippen molar-refractivity contribution in [3.63, 3.8) is 0 Å². The number of amides is 1. The third-order valence-electron chi connectivity index (χ3n) is 3.77. The molecule has 0 atom stereocenters. The summed E-state index contributed by atoms with van der Waals surface area (Å²) in [5, 5.41) is 1.89. The largest absolute Gasteiger partial charge is 0.364 e. The summed E-state index contributed by atoms with van der Waals surface area (Å²) in [5.41, 5.74) is 7.28. The molecule has 0 bridgehead atoms. The molecule has 0 aliphatic carbocycles. The van der Waals surface area contributed by atoms with E-state index in [1.165, 1.54) is 15.9 Å². The first-order chi connectivity index (χ1) is 12.0. The quantitative estimate of drug-likeness (QED) is 0.590. The number of aromatic amines is 1. The Balaban J connectivity index is 2.09. The molecule has 0 aliphatic heterocycles. The monoisotopic (exact) mass is 351 g/mol. The minimum atomic E-state index is -0.720. The predicted octanol–water partition coefficient (Wildman–Crippen LogP) is 2.24. The van der Waals surface area contributed by atoms with Gasteiger partial charge in [-0.05, 0) is 36.1 Å². The van der Waals surface area contributed by atoms with Crippen LogP contribution in [0.1, 0.15) is 16.1 Å². The van der Waals surface area contributed by atoms with Gasteiger partial charge in [0.2, 0.25) is 0 Å². The number of imidazole rings is 1. The summed E-state index contributed by atoms with van der Waals surface area (Å²) in [6, 6.07) is 11.2. The molecule has 3 aromatic heterocycles. The van der Waals surface area contributed by atoms with E-state index in [1.807, 2.05) is 42.6 Å². The van der Waals surface area contributed by atoms with Crippen LogP contribution in [0.4, 0.5) is 0 Å². The highest BCUT2D eigenvalue weighted by atomic mass is 32.1. The number of carbonyl (C=O) groups excluding carboxylic acids is 1. The van der Waals surface area contributed by atoms with Gasteiger partial charge in [0, 0.05) is 0 Å². The molecule has 3 heterocycles. The summed E-state index contributed by atoms with van der Waals surface area (Å²) in [7, 11) is 0. The van der Waals surface area contributed by atoms with E-state index in [-0.39, 0.29) is 11.2 Å². The molecule has 4 rings (SSSR count). The van der Waals surface area contributed by atoms with Crippen LogP contribution in [-0.2, 0) is 0 Å². The molecule has 0 saturated heterocycles. The fourth-order valence-electron chi connectivity index (χ4n) is 2.69. The van der Waals surface area contributed by atoms with Crippen LogP contribution < -0.4 is 11.4 Å². The molecule has 1 amide bonds. The van der Waals surface area contributed by atoms with Crippen LogP contribution in [0, 0.1) is 6.92 Å². The molecule has 0 spiro atoms. The predicted molar refractivity (Wildman–Crippen MR) is 96.1 cm³/mol. The van der Waals surface area contributed by atoms with Crippen LogP contribution in [0.25, 0.3) is 27.6 Å². The van der Waals surface area contributed by atoms with Crippen LogP contribution in [0.2, 0.25) is 0 Å². The minimum Gasteiger partial charge on any atom is -0.364 e. The van der Waals surface area contributed by atoms with Crippen LogP contribution in [-0.4, -0.2) is 25.4 Å². The number of aryl methyl sites for hydroxylation is 1. The highest BCUT2D eigenvalue weighted by Crippen LogP contribution is 2.25. The molecule has 4 aromatic rings. The molecular formula is C17H13N5O2S. The smallest absolute Gasteiger partial charge is 0.332 e. The zero-order valence-corrected chi connectivity index (χ0v) is 14.0. The Hall–Kier alpha value is -3.26. The fraction of sp³-hybridized carbons (Fsp3) is 0.0588. The van der Waals surface area contributed by atoms with Crippen molar-refractivity contribution in [2.24, 2.45) is 5.73 Å². The number of thiophene rings is 1. The second kappa shape index (κ2) is 5.67. The molecular weight excluding hydrogens is 338 g/mol. The molecule has 7 nitrogen and oxygen atoms in total. The van der Waals surface area contributed by atoms with Gasteiger partial charge in [0.25, 0.3) is 5.91 Å². The lowest BCUT2D eigenvalue weighted by Crippen LogP contribution is -2.15. The minimum absolute atomic E-state index is 0.00287. The van der Waals surface area contributed by atoms with Crippen molar-refractivity contribution in [3.05, 3.63) is 63.5 Å². The first-order valence-electron chi connectivity index (χ1n) is 7.48. The van der Waals surface area contributed by atoms with Crippen molar-refractivity contribution in [1.29, 1.82) is 0 Å². The Bertz CT molecular complexity index is 1160. The maximum atomic E-state index is 12.5. The summed E-state index contributed by atoms with van der Waals surface area (Å²) in [6.07, 6.45) is 0. The van der Waals surface area contributed by atoms with E-state index in [1.54, 1.807) is 6.07 Å². The van der Waals surface area contributed by atoms with Crippen molar-refractivity contribution in [3.8, 4) is 16.4 Å². The Morgan fingerprint density at radius 3 is 2.76 bits per heavy atom. The summed E-state index contributed by atoms with van der Waals surface area (Å²) in [5.74, 6) is -0.362. The molecule has 25 heavy (non-hydrogen) atoms. The van der Waals surface area contributed by atoms with Crippen molar-refractivity contribution >= 4 is 28.4 Å². The lowest BCUT2D eigenvalue weighted by molar-refractivity contribution is 0.0997. The Morgan fingerprint density at radius 1 is 1.24 bits per heavy atom. The van der Waals surface area contributed by atoms with Gasteiger partial charge >= 0.3 is 5.69 Å². The molecule has 0 fully saturated rings. The number of fused-ring (bicyclic) bond motifs is 1. The zero-order valence-electron chi connectivity index (χ0n) is 13.2. The van der Waals surface area contributed by atoms with E-state index in [0.29, 0.717) is 17.2 Å². The average Bonchev–Trinajstić information content (AvgIpc) is 3.20. The molecule has 0 radical (unpaired) electrons. The Labute approximate surface area is 145 Å². The van der Waals surface area contributed by atoms with E-state index < -0.39 is 11.6 Å². The SMILES string of the molecule is Cc1cccc(-n2c(=O)[nH]c3c(C(N)=O)nc(-c4cccs4)nc32)c1. The van der Waals surface area contributed by atoms with E-state index in [2.05, 4.69) is 15.0 Å². The highest BCUT2D eigenvalue weighted by molar-refractivity contribution is 7.13. The van der Waals surface area contributed by atoms with Gasteiger partial charge in [0.1, 0.15) is 5.52 Å². The van der Waals surface area contributed by atoms with Gasteiger partial charge in [0.15, 0.2) is 17.2 Å². The number of hydrogen-bond donors (Lipinski definition) is 2. The Kier molecular flexibility index (Phi) is 3.47. The van der Waals surface area contributed by atoms with Gasteiger partial charge in [-0.15, -0.1) is 11.3 Å². The molecule has 1 aromatic carbocycles. The van der Waals surface area contributed by atoms with Gasteiger partial charge in [0.05, 0.1) is 10.6 Å². The van der Waals surface area contributed by atoms with Gasteiger partial charge in [-0.3, -0.25) is 4.79 Å². The molecule has 3 N–H and O–H groups in total. The molecule has 0 aliphatic rings. The van der Waals surface area contributed by atoms with Gasteiger partial charge in [-0.1, -0.05) is 18.2 Å². The van der Waals surface area contributed by atoms with Crippen molar-refractivity contribution in [2.75, 3.05) is 0 Å². The van der Waals surface area contributed by atoms with E-state index >= 15 is 0 Å². The lowest BCUT2D eigenvalue weighted by Gasteiger charge is -2.06. The number of H-pyrrole nitrogens is 1. The van der Waals surface area contributed by atoms with Gasteiger partial charge in [-0.2, -0.15) is 0 Å². The normalized spacial score (nSPS) is 11.1. The van der Waals surface area contributed by atoms with Crippen LogP contribution in [0.5, 0.6) is 0 Å². The maximum absolute atomic E-state index is 12.5. The topological polar surface area (TPSA) is 107 Å². The van der Waals surface area contributed by atoms with Crippen molar-refractivity contribution in [1.82, 2.24) is 19.5 Å². The average molecular weight is 351 g/mol. The number of aromatic nitrogens is 4. The number of carbonyl (C=O) groups is 1. The third kappa shape index (κ3) is 2.52. The van der Waals surface area contributed by atoms with Crippen LogP contribution in [0.15, 0.2) is 46.6 Å². The van der Waals surface area contributed by atoms with Gasteiger partial charge < -0.3 is 10.7 Å². The van der Waals surface area contributed by atoms with Crippen LogP contribution in [0.3, 0.4) is 0 Å². The number of hydrogen-bond acceptors (Lipinski definition) is 5. The molecule has 0 saturated carbocycles. The molecule has 8 heteroatoms. The maximum Gasteiger partial charge on any atom is 0.332 e. The number of nitrogens with two attached hydrogens (primary N) is 1. The zero-order chi connectivity index (χ0) is 17.6. The van der Waals surface area contributed by atoms with E-state index in [0.717, 1.165) is 10.4 Å². The van der Waals surface area contributed by atoms with Gasteiger partial charge in [-0.25, -0.2) is 19.3 Å². The first kappa shape index (κ1) is 15.3. The van der Waals surface area contributed by atoms with Crippen molar-refractivity contribution < 1.29 is 4.79 Å². The molecule has 0 unspecified atom stereocenters. The highest BCUT2D eigenvalue weighted by Gasteiger charge is 2.20. The summed E-state index contributed by atoms with van der Waals surface area (Å²) in [4.78, 5) is 36.6. The number of primary amides is 1. The van der Waals surface area contributed by atoms with E-state index in [4.69, 9.17) is 5.73 Å². The Morgan fingerprint density at radius 2 is 2.08 bits per heavy atom. The van der Waals surface area contributed by atoms with E-state index in [9.17, 15) is 9.59 Å². The number of nitrogens with one attached hydrogen (secondary N) is 1. The summed E-state index contributed by atoms with van der Waals surface area (Å²) in [6.45, 7) is 1.93. The second-order valence-electron chi connectivity index (χ2n) is 5.54. The second-order valence-corrected chi connectivity index (χ2v) is 6.49. The first-order valence-corrected chi connectivity index (χ1v) is 8.36. The standard InChI is InChI=1S/C17H13N5O2S/c1-9-4-2-5-10(8-9)22-16-13(20-17(22)24)12(14(18)23)19-15(21-16)11-6-3-7-25-11/h2-8H,1H3,(H2,18,23)(H,20,24). The lowest BCUT2D eigenvalue weighted by atomic mass is 10.2. The summed E-state index contributed by atoms with van der Waals surface area (Å²) < 4.78 is 1.42. The number of nitrogens with zero attached hydrogens (tertiary/aromatic N) is 3. The number of rotatable bonds is 3. The molecule has 124 valence electrons. The number of benzene rings is 1. The summed E-state index contributed by atoms with van der Waals surface area (Å²) >= 11 is 1.44. The fourth-order valence-corrected chi connectivity index (χ4v) is 3.34. The van der Waals surface area contributed by atoms with Crippen molar-refractivity contribution in [2.45, 2.75) is 6.92 Å².